The first-order valence-corrected chi connectivity index (χ1v) is 10.5. The van der Waals surface area contributed by atoms with E-state index in [2.05, 4.69) is 5.32 Å². The van der Waals surface area contributed by atoms with E-state index in [1.165, 1.54) is 4.31 Å². The average Bonchev–Trinajstić information content (AvgIpc) is 2.67. The van der Waals surface area contributed by atoms with Gasteiger partial charge in [-0.25, -0.2) is 17.6 Å². The van der Waals surface area contributed by atoms with Gasteiger partial charge in [0.05, 0.1) is 23.7 Å². The lowest BCUT2D eigenvalue weighted by molar-refractivity contribution is -0.124. The van der Waals surface area contributed by atoms with Crippen LogP contribution in [0.4, 0.5) is 4.39 Å². The summed E-state index contributed by atoms with van der Waals surface area (Å²) in [5.41, 5.74) is -0.538. The van der Waals surface area contributed by atoms with Gasteiger partial charge < -0.3 is 14.8 Å². The van der Waals surface area contributed by atoms with Crippen LogP contribution in [0.25, 0.3) is 0 Å². The summed E-state index contributed by atoms with van der Waals surface area (Å²) < 4.78 is 50.5. The van der Waals surface area contributed by atoms with Gasteiger partial charge in [0.2, 0.25) is 10.0 Å². The molecule has 1 aliphatic heterocycles. The van der Waals surface area contributed by atoms with E-state index in [0.29, 0.717) is 0 Å². The zero-order valence-corrected chi connectivity index (χ0v) is 16.8. The number of hydrogen-bond donors (Lipinski definition) is 1. The molecule has 0 aliphatic carbocycles. The molecule has 0 aromatic heterocycles. The number of ether oxygens (including phenoxy) is 2. The first-order chi connectivity index (χ1) is 13.3. The molecule has 2 rings (SSSR count). The largest absolute Gasteiger partial charge is 0.452 e. The summed E-state index contributed by atoms with van der Waals surface area (Å²) in [6.07, 6.45) is 1.66. The van der Waals surface area contributed by atoms with Crippen molar-refractivity contribution in [1.29, 1.82) is 0 Å². The number of halogens is 1. The molecule has 1 amide bonds. The summed E-state index contributed by atoms with van der Waals surface area (Å²) in [7, 11) is -3.89. The first kappa shape index (κ1) is 22.3. The normalized spacial score (nSPS) is 16.4. The van der Waals surface area contributed by atoms with Gasteiger partial charge in [-0.3, -0.25) is 4.79 Å². The molecular weight excluding hydrogens is 391 g/mol. The third-order valence-electron chi connectivity index (χ3n) is 4.23. The molecule has 0 bridgehead atoms. The number of rotatable bonds is 8. The van der Waals surface area contributed by atoms with E-state index in [1.807, 2.05) is 13.8 Å². The van der Waals surface area contributed by atoms with Gasteiger partial charge in [0.1, 0.15) is 5.82 Å². The summed E-state index contributed by atoms with van der Waals surface area (Å²) in [5, 5.41) is 2.66. The molecule has 8 nitrogen and oxygen atoms in total. The number of carbonyl (C=O) groups excluding carboxylic acids is 2. The fraction of sp³-hybridized carbons (Fsp3) is 0.556. The fourth-order valence-corrected chi connectivity index (χ4v) is 4.22. The SMILES string of the molecule is CCC[C@@H](C)NC(=O)COC(=O)c1cc(S(=O)(=O)N2CCOCC2)ccc1F. The number of esters is 1. The number of benzene rings is 1. The van der Waals surface area contributed by atoms with Gasteiger partial charge in [-0.15, -0.1) is 0 Å². The Balaban J connectivity index is 2.08. The highest BCUT2D eigenvalue weighted by Crippen LogP contribution is 2.20. The maximum Gasteiger partial charge on any atom is 0.341 e. The van der Waals surface area contributed by atoms with Crippen molar-refractivity contribution in [2.24, 2.45) is 0 Å². The second-order valence-electron chi connectivity index (χ2n) is 6.49. The van der Waals surface area contributed by atoms with Crippen molar-refractivity contribution in [2.45, 2.75) is 37.6 Å². The molecule has 1 N–H and O–H groups in total. The minimum absolute atomic E-state index is 0.0741. The molecular formula is C18H25FN2O6S. The minimum Gasteiger partial charge on any atom is -0.452 e. The molecule has 1 saturated heterocycles. The number of amides is 1. The molecule has 1 aliphatic rings. The van der Waals surface area contributed by atoms with E-state index >= 15 is 0 Å². The lowest BCUT2D eigenvalue weighted by Crippen LogP contribution is -2.40. The van der Waals surface area contributed by atoms with Crippen molar-refractivity contribution in [3.05, 3.63) is 29.6 Å². The predicted molar refractivity (Wildman–Crippen MR) is 98.8 cm³/mol. The molecule has 156 valence electrons. The Hall–Kier alpha value is -2.04. The van der Waals surface area contributed by atoms with Crippen LogP contribution < -0.4 is 5.32 Å². The highest BCUT2D eigenvalue weighted by Gasteiger charge is 2.28. The van der Waals surface area contributed by atoms with Crippen molar-refractivity contribution >= 4 is 21.9 Å². The van der Waals surface area contributed by atoms with Gasteiger partial charge in [-0.2, -0.15) is 4.31 Å². The maximum atomic E-state index is 14.1. The molecule has 28 heavy (non-hydrogen) atoms. The van der Waals surface area contributed by atoms with Crippen LogP contribution >= 0.6 is 0 Å². The Bertz CT molecular complexity index is 808. The predicted octanol–water partition coefficient (Wildman–Crippen LogP) is 1.31. The van der Waals surface area contributed by atoms with E-state index in [1.54, 1.807) is 0 Å². The van der Waals surface area contributed by atoms with Crippen molar-refractivity contribution in [2.75, 3.05) is 32.9 Å². The third kappa shape index (κ3) is 5.73. The van der Waals surface area contributed by atoms with Gasteiger partial charge in [-0.1, -0.05) is 13.3 Å². The molecule has 1 aromatic carbocycles. The van der Waals surface area contributed by atoms with Crippen LogP contribution in [0.1, 0.15) is 37.0 Å². The molecule has 10 heteroatoms. The number of nitrogens with zero attached hydrogens (tertiary/aromatic N) is 1. The van der Waals surface area contributed by atoms with Crippen molar-refractivity contribution in [1.82, 2.24) is 9.62 Å². The molecule has 0 radical (unpaired) electrons. The number of morpholine rings is 1. The van der Waals surface area contributed by atoms with E-state index in [-0.39, 0.29) is 37.2 Å². The summed E-state index contributed by atoms with van der Waals surface area (Å²) in [6.45, 7) is 4.10. The number of sulfonamides is 1. The first-order valence-electron chi connectivity index (χ1n) is 9.09. The van der Waals surface area contributed by atoms with Crippen LogP contribution in [0.15, 0.2) is 23.1 Å². The van der Waals surface area contributed by atoms with Crippen molar-refractivity contribution < 1.29 is 31.9 Å². The third-order valence-corrected chi connectivity index (χ3v) is 6.12. The summed E-state index contributed by atoms with van der Waals surface area (Å²) in [5.74, 6) is -2.53. The van der Waals surface area contributed by atoms with E-state index in [9.17, 15) is 22.4 Å². The van der Waals surface area contributed by atoms with E-state index < -0.39 is 39.9 Å². The van der Waals surface area contributed by atoms with Crippen molar-refractivity contribution in [3.63, 3.8) is 0 Å². The van der Waals surface area contributed by atoms with Gasteiger partial charge >= 0.3 is 5.97 Å². The van der Waals surface area contributed by atoms with Gasteiger partial charge in [0.15, 0.2) is 6.61 Å². The molecule has 0 unspecified atom stereocenters. The quantitative estimate of drug-likeness (QED) is 0.641. The maximum absolute atomic E-state index is 14.1. The van der Waals surface area contributed by atoms with Crippen LogP contribution in [-0.2, 0) is 24.3 Å². The number of nitrogens with one attached hydrogen (secondary N) is 1. The zero-order chi connectivity index (χ0) is 20.7. The average molecular weight is 416 g/mol. The monoisotopic (exact) mass is 416 g/mol. The fourth-order valence-electron chi connectivity index (χ4n) is 2.79. The van der Waals surface area contributed by atoms with Crippen LogP contribution in [0.3, 0.4) is 0 Å². The highest BCUT2D eigenvalue weighted by molar-refractivity contribution is 7.89. The van der Waals surface area contributed by atoms with Gasteiger partial charge in [0.25, 0.3) is 5.91 Å². The summed E-state index contributed by atoms with van der Waals surface area (Å²) in [6, 6.07) is 2.85. The molecule has 1 fully saturated rings. The summed E-state index contributed by atoms with van der Waals surface area (Å²) in [4.78, 5) is 23.7. The lowest BCUT2D eigenvalue weighted by Gasteiger charge is -2.26. The van der Waals surface area contributed by atoms with Gasteiger partial charge in [0, 0.05) is 19.1 Å². The van der Waals surface area contributed by atoms with E-state index in [0.717, 1.165) is 31.0 Å². The number of carbonyl (C=O) groups is 2. The lowest BCUT2D eigenvalue weighted by atomic mass is 10.2. The number of hydrogen-bond acceptors (Lipinski definition) is 6. The van der Waals surface area contributed by atoms with Crippen molar-refractivity contribution in [3.8, 4) is 0 Å². The summed E-state index contributed by atoms with van der Waals surface area (Å²) >= 11 is 0. The van der Waals surface area contributed by atoms with Crippen LogP contribution in [0, 0.1) is 5.82 Å². The molecule has 0 spiro atoms. The Labute approximate surface area is 164 Å². The second-order valence-corrected chi connectivity index (χ2v) is 8.43. The smallest absolute Gasteiger partial charge is 0.341 e. The topological polar surface area (TPSA) is 102 Å². The zero-order valence-electron chi connectivity index (χ0n) is 15.9. The highest BCUT2D eigenvalue weighted by atomic mass is 32.2. The Kier molecular flexibility index (Phi) is 7.90. The molecule has 1 atom stereocenters. The van der Waals surface area contributed by atoms with Gasteiger partial charge in [-0.05, 0) is 31.5 Å². The molecule has 1 heterocycles. The Morgan fingerprint density at radius 2 is 2.00 bits per heavy atom. The Morgan fingerprint density at radius 1 is 1.32 bits per heavy atom. The van der Waals surface area contributed by atoms with Crippen LogP contribution in [-0.4, -0.2) is 63.6 Å². The molecule has 1 aromatic rings. The van der Waals surface area contributed by atoms with Crippen LogP contribution in [0.2, 0.25) is 0 Å². The molecule has 0 saturated carbocycles. The Morgan fingerprint density at radius 3 is 2.64 bits per heavy atom. The minimum atomic E-state index is -3.89. The van der Waals surface area contributed by atoms with E-state index in [4.69, 9.17) is 9.47 Å². The second kappa shape index (κ2) is 9.94. The standard InChI is InChI=1S/C18H25FN2O6S/c1-3-4-13(2)20-17(22)12-27-18(23)15-11-14(5-6-16(15)19)28(24,25)21-7-9-26-10-8-21/h5-6,11,13H,3-4,7-10,12H2,1-2H3,(H,20,22)/t13-/m1/s1. The van der Waals surface area contributed by atoms with Crippen LogP contribution in [0.5, 0.6) is 0 Å².